The van der Waals surface area contributed by atoms with Crippen LogP contribution in [0.5, 0.6) is 0 Å². The Hall–Kier alpha value is -6.36. The van der Waals surface area contributed by atoms with Gasteiger partial charge >= 0.3 is 0 Å². The Labute approximate surface area is 290 Å². The molecular weight excluding hydrogens is 631 g/mol. The molecule has 8 aromatic carbocycles. The number of furan rings is 2. The Bertz CT molecular complexity index is 3090. The number of benzene rings is 8. The maximum absolute atomic E-state index is 6.72. The third-order valence-electron chi connectivity index (χ3n) is 10.1. The molecule has 0 saturated heterocycles. The Kier molecular flexibility index (Phi) is 5.83. The van der Waals surface area contributed by atoms with Crippen molar-refractivity contribution in [2.75, 3.05) is 4.90 Å². The van der Waals surface area contributed by atoms with Gasteiger partial charge in [0.15, 0.2) is 0 Å². The first-order chi connectivity index (χ1) is 24.8. The van der Waals surface area contributed by atoms with E-state index in [2.05, 4.69) is 157 Å². The molecule has 4 heteroatoms. The summed E-state index contributed by atoms with van der Waals surface area (Å²) in [7, 11) is 0. The van der Waals surface area contributed by atoms with Gasteiger partial charge in [-0.2, -0.15) is 0 Å². The van der Waals surface area contributed by atoms with Gasteiger partial charge < -0.3 is 13.7 Å². The van der Waals surface area contributed by atoms with Crippen molar-refractivity contribution in [3.8, 4) is 11.1 Å². The topological polar surface area (TPSA) is 29.5 Å². The lowest BCUT2D eigenvalue weighted by atomic mass is 10.0. The van der Waals surface area contributed by atoms with Gasteiger partial charge in [0, 0.05) is 54.5 Å². The normalized spacial score (nSPS) is 12.0. The molecule has 11 aromatic rings. The summed E-state index contributed by atoms with van der Waals surface area (Å²) in [5.41, 5.74) is 9.23. The minimum atomic E-state index is 0.870. The zero-order valence-corrected chi connectivity index (χ0v) is 27.6. The Balaban J connectivity index is 1.16. The predicted molar refractivity (Wildman–Crippen MR) is 212 cm³/mol. The Morgan fingerprint density at radius 1 is 0.420 bits per heavy atom. The molecule has 3 heterocycles. The van der Waals surface area contributed by atoms with Crippen LogP contribution in [0.15, 0.2) is 173 Å². The summed E-state index contributed by atoms with van der Waals surface area (Å²) in [4.78, 5) is 2.36. The molecule has 50 heavy (non-hydrogen) atoms. The molecule has 0 bridgehead atoms. The smallest absolute Gasteiger partial charge is 0.144 e. The van der Waals surface area contributed by atoms with Crippen molar-refractivity contribution < 1.29 is 8.83 Å². The molecule has 0 spiro atoms. The van der Waals surface area contributed by atoms with Crippen LogP contribution in [0.3, 0.4) is 0 Å². The SMILES string of the molecule is c1ccc(-c2ccc(N(c3ccc4c(c3)oc3ccccc34)c3cccc4c3sc3ccc5c(oc6ccc7ccccc7c65)c34)cc2)cc1. The van der Waals surface area contributed by atoms with Crippen LogP contribution in [-0.4, -0.2) is 0 Å². The van der Waals surface area contributed by atoms with Gasteiger partial charge in [0.1, 0.15) is 22.3 Å². The highest BCUT2D eigenvalue weighted by molar-refractivity contribution is 7.26. The lowest BCUT2D eigenvalue weighted by molar-refractivity contribution is 0.669. The molecule has 0 unspecified atom stereocenters. The molecular formula is C46H27NO2S. The third kappa shape index (κ3) is 4.03. The molecule has 3 nitrogen and oxygen atoms in total. The molecule has 234 valence electrons. The number of thiophene rings is 1. The molecule has 0 saturated carbocycles. The van der Waals surface area contributed by atoms with Crippen LogP contribution in [0, 0.1) is 0 Å². The zero-order valence-electron chi connectivity index (χ0n) is 26.8. The lowest BCUT2D eigenvalue weighted by Gasteiger charge is -2.26. The van der Waals surface area contributed by atoms with Gasteiger partial charge in [-0.3, -0.25) is 0 Å². The number of para-hydroxylation sites is 1. The van der Waals surface area contributed by atoms with E-state index < -0.39 is 0 Å². The highest BCUT2D eigenvalue weighted by Crippen LogP contribution is 2.49. The summed E-state index contributed by atoms with van der Waals surface area (Å²) in [5, 5.41) is 9.35. The summed E-state index contributed by atoms with van der Waals surface area (Å²) in [6.07, 6.45) is 0. The van der Waals surface area contributed by atoms with E-state index >= 15 is 0 Å². The second-order valence-corrected chi connectivity index (χ2v) is 13.9. The van der Waals surface area contributed by atoms with Gasteiger partial charge in [-0.05, 0) is 76.5 Å². The fourth-order valence-corrected chi connectivity index (χ4v) is 8.97. The largest absolute Gasteiger partial charge is 0.456 e. The fourth-order valence-electron chi connectivity index (χ4n) is 7.76. The van der Waals surface area contributed by atoms with Crippen molar-refractivity contribution in [3.05, 3.63) is 164 Å². The molecule has 0 aliphatic heterocycles. The van der Waals surface area contributed by atoms with E-state index in [1.165, 1.54) is 42.1 Å². The van der Waals surface area contributed by atoms with Crippen molar-refractivity contribution in [2.45, 2.75) is 0 Å². The number of fused-ring (bicyclic) bond motifs is 12. The molecule has 0 atom stereocenters. The fraction of sp³-hybridized carbons (Fsp3) is 0. The maximum Gasteiger partial charge on any atom is 0.144 e. The highest BCUT2D eigenvalue weighted by atomic mass is 32.1. The van der Waals surface area contributed by atoms with Crippen LogP contribution >= 0.6 is 11.3 Å². The average molecular weight is 658 g/mol. The van der Waals surface area contributed by atoms with Gasteiger partial charge in [-0.15, -0.1) is 11.3 Å². The van der Waals surface area contributed by atoms with E-state index in [0.717, 1.165) is 60.9 Å². The highest BCUT2D eigenvalue weighted by Gasteiger charge is 2.22. The summed E-state index contributed by atoms with van der Waals surface area (Å²) in [6.45, 7) is 0. The van der Waals surface area contributed by atoms with Crippen molar-refractivity contribution in [2.24, 2.45) is 0 Å². The second kappa shape index (κ2) is 10.6. The molecule has 0 radical (unpaired) electrons. The standard InChI is InChI=1S/C46H27NO2S/c1-2-9-28(10-3-1)29-17-20-31(21-18-29)47(32-22-23-35-34-13-6-7-16-39(34)48-41(35)27-32)38-15-8-14-37-44-42(50-46(37)38)26-24-36-43-33-12-5-4-11-30(33)19-25-40(43)49-45(36)44/h1-27H. The van der Waals surface area contributed by atoms with E-state index in [1.54, 1.807) is 0 Å². The maximum atomic E-state index is 6.72. The Morgan fingerprint density at radius 2 is 1.14 bits per heavy atom. The van der Waals surface area contributed by atoms with E-state index in [9.17, 15) is 0 Å². The first-order valence-electron chi connectivity index (χ1n) is 16.8. The van der Waals surface area contributed by atoms with E-state index in [0.29, 0.717) is 0 Å². The number of anilines is 3. The van der Waals surface area contributed by atoms with Crippen LogP contribution in [0.4, 0.5) is 17.1 Å². The molecule has 11 rings (SSSR count). The molecule has 0 fully saturated rings. The van der Waals surface area contributed by atoms with Crippen molar-refractivity contribution >= 4 is 103 Å². The molecule has 3 aromatic heterocycles. The van der Waals surface area contributed by atoms with Crippen LogP contribution in [0.2, 0.25) is 0 Å². The van der Waals surface area contributed by atoms with Gasteiger partial charge in [0.2, 0.25) is 0 Å². The van der Waals surface area contributed by atoms with Gasteiger partial charge in [-0.1, -0.05) is 103 Å². The van der Waals surface area contributed by atoms with Crippen LogP contribution < -0.4 is 4.90 Å². The summed E-state index contributed by atoms with van der Waals surface area (Å²) >= 11 is 1.82. The lowest BCUT2D eigenvalue weighted by Crippen LogP contribution is -2.10. The quantitative estimate of drug-likeness (QED) is 0.189. The molecule has 0 amide bonds. The summed E-state index contributed by atoms with van der Waals surface area (Å²) in [6, 6.07) is 58.2. The number of nitrogens with zero attached hydrogens (tertiary/aromatic N) is 1. The first-order valence-corrected chi connectivity index (χ1v) is 17.7. The predicted octanol–water partition coefficient (Wildman–Crippen LogP) is 14.1. The monoisotopic (exact) mass is 657 g/mol. The third-order valence-corrected chi connectivity index (χ3v) is 11.3. The van der Waals surface area contributed by atoms with Crippen molar-refractivity contribution in [1.29, 1.82) is 0 Å². The van der Waals surface area contributed by atoms with Gasteiger partial charge in [0.05, 0.1) is 10.4 Å². The summed E-state index contributed by atoms with van der Waals surface area (Å²) < 4.78 is 15.5. The van der Waals surface area contributed by atoms with E-state index in [4.69, 9.17) is 8.83 Å². The van der Waals surface area contributed by atoms with Crippen LogP contribution in [0.1, 0.15) is 0 Å². The minimum Gasteiger partial charge on any atom is -0.456 e. The van der Waals surface area contributed by atoms with Gasteiger partial charge in [0.25, 0.3) is 0 Å². The molecule has 0 aliphatic carbocycles. The van der Waals surface area contributed by atoms with Crippen LogP contribution in [0.25, 0.3) is 85.9 Å². The number of hydrogen-bond acceptors (Lipinski definition) is 4. The number of rotatable bonds is 4. The van der Waals surface area contributed by atoms with Crippen molar-refractivity contribution in [1.82, 2.24) is 0 Å². The second-order valence-electron chi connectivity index (χ2n) is 12.9. The molecule has 0 aliphatic rings. The average Bonchev–Trinajstić information content (AvgIpc) is 3.87. The minimum absolute atomic E-state index is 0.870. The van der Waals surface area contributed by atoms with Gasteiger partial charge in [-0.25, -0.2) is 0 Å². The van der Waals surface area contributed by atoms with Crippen LogP contribution in [-0.2, 0) is 0 Å². The summed E-state index contributed by atoms with van der Waals surface area (Å²) in [5.74, 6) is 0. The number of hydrogen-bond donors (Lipinski definition) is 0. The zero-order chi connectivity index (χ0) is 32.8. The molecule has 0 N–H and O–H groups in total. The van der Waals surface area contributed by atoms with E-state index in [-0.39, 0.29) is 0 Å². The van der Waals surface area contributed by atoms with E-state index in [1.807, 2.05) is 23.5 Å². The Morgan fingerprint density at radius 3 is 2.04 bits per heavy atom. The first kappa shape index (κ1) is 27.6. The van der Waals surface area contributed by atoms with Crippen molar-refractivity contribution in [3.63, 3.8) is 0 Å².